The molecule has 0 spiro atoms. The van der Waals surface area contributed by atoms with Crippen LogP contribution in [0.25, 0.3) is 0 Å². The zero-order chi connectivity index (χ0) is 17.9. The van der Waals surface area contributed by atoms with Crippen molar-refractivity contribution in [3.8, 4) is 0 Å². The van der Waals surface area contributed by atoms with E-state index in [4.69, 9.17) is 11.6 Å². The Bertz CT molecular complexity index is 898. The van der Waals surface area contributed by atoms with Crippen LogP contribution >= 0.6 is 11.6 Å². The van der Waals surface area contributed by atoms with Crippen molar-refractivity contribution in [3.05, 3.63) is 70.5 Å². The van der Waals surface area contributed by atoms with Crippen LogP contribution in [0.1, 0.15) is 17.0 Å². The number of nitrogens with zero attached hydrogens (tertiary/aromatic N) is 5. The van der Waals surface area contributed by atoms with E-state index in [1.807, 2.05) is 4.68 Å². The maximum atomic E-state index is 14.0. The second-order valence-electron chi connectivity index (χ2n) is 6.22. The van der Waals surface area contributed by atoms with Crippen molar-refractivity contribution >= 4 is 17.5 Å². The van der Waals surface area contributed by atoms with Crippen molar-refractivity contribution in [1.29, 1.82) is 0 Å². The molecule has 2 aromatic heterocycles. The standard InChI is InChI=1S/C18H18ClFN6/c19-14-2-3-17(20)13(8-14)11-25-6-7-26-16(12-25)9-15(24-26)10-23-18-21-4-1-5-22-18/h1-5,8-9H,6-7,10-12H2,(H,21,22,23). The molecule has 0 fully saturated rings. The molecule has 1 aliphatic heterocycles. The average Bonchev–Trinajstić information content (AvgIpc) is 3.06. The lowest BCUT2D eigenvalue weighted by molar-refractivity contribution is 0.202. The van der Waals surface area contributed by atoms with Gasteiger partial charge in [0.05, 0.1) is 24.5 Å². The lowest BCUT2D eigenvalue weighted by Crippen LogP contribution is -2.33. The first-order chi connectivity index (χ1) is 12.7. The maximum Gasteiger partial charge on any atom is 0.222 e. The quantitative estimate of drug-likeness (QED) is 0.745. The number of nitrogens with one attached hydrogen (secondary N) is 1. The Labute approximate surface area is 155 Å². The predicted molar refractivity (Wildman–Crippen MR) is 97.1 cm³/mol. The second kappa shape index (κ2) is 7.39. The topological polar surface area (TPSA) is 58.9 Å². The van der Waals surface area contributed by atoms with E-state index in [1.54, 1.807) is 30.6 Å². The molecule has 8 heteroatoms. The Balaban J connectivity index is 1.41. The highest BCUT2D eigenvalue weighted by atomic mass is 35.5. The van der Waals surface area contributed by atoms with E-state index in [-0.39, 0.29) is 5.82 Å². The van der Waals surface area contributed by atoms with E-state index in [2.05, 4.69) is 31.3 Å². The van der Waals surface area contributed by atoms with E-state index in [9.17, 15) is 4.39 Å². The summed E-state index contributed by atoms with van der Waals surface area (Å²) in [6.07, 6.45) is 3.39. The number of fused-ring (bicyclic) bond motifs is 1. The molecule has 1 N–H and O–H groups in total. The summed E-state index contributed by atoms with van der Waals surface area (Å²) < 4.78 is 16.0. The fraction of sp³-hybridized carbons (Fsp3) is 0.278. The summed E-state index contributed by atoms with van der Waals surface area (Å²) in [5.74, 6) is 0.359. The largest absolute Gasteiger partial charge is 0.348 e. The molecule has 1 aromatic carbocycles. The molecule has 134 valence electrons. The summed E-state index contributed by atoms with van der Waals surface area (Å²) in [5.41, 5.74) is 2.67. The molecule has 0 saturated heterocycles. The van der Waals surface area contributed by atoms with E-state index in [1.165, 1.54) is 6.07 Å². The first kappa shape index (κ1) is 16.9. The summed E-state index contributed by atoms with van der Waals surface area (Å²) in [4.78, 5) is 10.5. The molecule has 3 aromatic rings. The van der Waals surface area contributed by atoms with E-state index in [0.717, 1.165) is 31.0 Å². The van der Waals surface area contributed by atoms with Crippen molar-refractivity contribution in [2.24, 2.45) is 0 Å². The van der Waals surface area contributed by atoms with Crippen LogP contribution in [-0.2, 0) is 26.2 Å². The molecule has 4 rings (SSSR count). The highest BCUT2D eigenvalue weighted by Gasteiger charge is 2.19. The van der Waals surface area contributed by atoms with Crippen LogP contribution in [0.5, 0.6) is 0 Å². The molecule has 6 nitrogen and oxygen atoms in total. The summed E-state index contributed by atoms with van der Waals surface area (Å²) in [7, 11) is 0. The minimum absolute atomic E-state index is 0.221. The van der Waals surface area contributed by atoms with Crippen molar-refractivity contribution in [2.45, 2.75) is 26.2 Å². The van der Waals surface area contributed by atoms with Gasteiger partial charge < -0.3 is 5.32 Å². The third-order valence-electron chi connectivity index (χ3n) is 4.32. The fourth-order valence-electron chi connectivity index (χ4n) is 3.07. The first-order valence-corrected chi connectivity index (χ1v) is 8.78. The van der Waals surface area contributed by atoms with Crippen molar-refractivity contribution in [1.82, 2.24) is 24.6 Å². The van der Waals surface area contributed by atoms with Crippen molar-refractivity contribution < 1.29 is 4.39 Å². The number of halogens is 2. The number of hydrogen-bond acceptors (Lipinski definition) is 5. The minimum Gasteiger partial charge on any atom is -0.348 e. The first-order valence-electron chi connectivity index (χ1n) is 8.40. The summed E-state index contributed by atoms with van der Waals surface area (Å²) in [6, 6.07) is 8.52. The van der Waals surface area contributed by atoms with Gasteiger partial charge in [-0.25, -0.2) is 14.4 Å². The van der Waals surface area contributed by atoms with Gasteiger partial charge in [-0.15, -0.1) is 0 Å². The molecule has 0 aliphatic carbocycles. The Morgan fingerprint density at radius 2 is 2.00 bits per heavy atom. The fourth-order valence-corrected chi connectivity index (χ4v) is 3.26. The van der Waals surface area contributed by atoms with Gasteiger partial charge in [0.15, 0.2) is 0 Å². The molecule has 1 aliphatic rings. The molecule has 3 heterocycles. The highest BCUT2D eigenvalue weighted by Crippen LogP contribution is 2.20. The summed E-state index contributed by atoms with van der Waals surface area (Å²) in [5, 5.41) is 8.33. The van der Waals surface area contributed by atoms with E-state index < -0.39 is 0 Å². The molecule has 0 radical (unpaired) electrons. The van der Waals surface area contributed by atoms with Crippen LogP contribution in [0.4, 0.5) is 10.3 Å². The van der Waals surface area contributed by atoms with Crippen LogP contribution in [0.3, 0.4) is 0 Å². The van der Waals surface area contributed by atoms with Crippen LogP contribution in [0.15, 0.2) is 42.7 Å². The van der Waals surface area contributed by atoms with Crippen molar-refractivity contribution in [2.75, 3.05) is 11.9 Å². The lowest BCUT2D eigenvalue weighted by Gasteiger charge is -2.27. The van der Waals surface area contributed by atoms with E-state index in [0.29, 0.717) is 29.6 Å². The highest BCUT2D eigenvalue weighted by molar-refractivity contribution is 6.30. The molecule has 0 saturated carbocycles. The number of hydrogen-bond donors (Lipinski definition) is 1. The number of aromatic nitrogens is 4. The van der Waals surface area contributed by atoms with Gasteiger partial charge in [0, 0.05) is 42.6 Å². The average molecular weight is 373 g/mol. The molecule has 0 amide bonds. The number of benzene rings is 1. The van der Waals surface area contributed by atoms with Crippen LogP contribution in [0.2, 0.25) is 5.02 Å². The number of anilines is 1. The SMILES string of the molecule is Fc1ccc(Cl)cc1CN1CCn2nc(CNc3ncccn3)cc2C1. The lowest BCUT2D eigenvalue weighted by atomic mass is 10.2. The van der Waals surface area contributed by atoms with Gasteiger partial charge in [-0.2, -0.15) is 5.10 Å². The molecular weight excluding hydrogens is 355 g/mol. The van der Waals surface area contributed by atoms with Gasteiger partial charge in [-0.3, -0.25) is 9.58 Å². The van der Waals surface area contributed by atoms with Crippen LogP contribution in [-0.4, -0.2) is 31.2 Å². The number of rotatable bonds is 5. The maximum absolute atomic E-state index is 14.0. The monoisotopic (exact) mass is 372 g/mol. The van der Waals surface area contributed by atoms with Gasteiger partial charge in [-0.05, 0) is 30.3 Å². The third-order valence-corrected chi connectivity index (χ3v) is 4.56. The van der Waals surface area contributed by atoms with Gasteiger partial charge >= 0.3 is 0 Å². The normalized spacial score (nSPS) is 14.2. The zero-order valence-electron chi connectivity index (χ0n) is 14.1. The van der Waals surface area contributed by atoms with Crippen LogP contribution in [0, 0.1) is 5.82 Å². The molecule has 0 bridgehead atoms. The smallest absolute Gasteiger partial charge is 0.222 e. The Morgan fingerprint density at radius 1 is 1.15 bits per heavy atom. The van der Waals surface area contributed by atoms with Gasteiger partial charge in [0.1, 0.15) is 5.82 Å². The third kappa shape index (κ3) is 3.84. The molecule has 0 atom stereocenters. The summed E-state index contributed by atoms with van der Waals surface area (Å²) in [6.45, 7) is 3.41. The summed E-state index contributed by atoms with van der Waals surface area (Å²) >= 11 is 5.99. The Hall–Kier alpha value is -2.51. The van der Waals surface area contributed by atoms with Gasteiger partial charge in [0.2, 0.25) is 5.95 Å². The zero-order valence-corrected chi connectivity index (χ0v) is 14.8. The predicted octanol–water partition coefficient (Wildman–Crippen LogP) is 3.09. The second-order valence-corrected chi connectivity index (χ2v) is 6.66. The van der Waals surface area contributed by atoms with Gasteiger partial charge in [-0.1, -0.05) is 11.6 Å². The molecular formula is C18H18ClFN6. The van der Waals surface area contributed by atoms with E-state index >= 15 is 0 Å². The Morgan fingerprint density at radius 3 is 2.85 bits per heavy atom. The minimum atomic E-state index is -0.221. The van der Waals surface area contributed by atoms with Crippen LogP contribution < -0.4 is 5.32 Å². The van der Waals surface area contributed by atoms with Gasteiger partial charge in [0.25, 0.3) is 0 Å². The molecule has 0 unspecified atom stereocenters. The molecule has 26 heavy (non-hydrogen) atoms. The Kier molecular flexibility index (Phi) is 4.81. The van der Waals surface area contributed by atoms with Crippen molar-refractivity contribution in [3.63, 3.8) is 0 Å².